The van der Waals surface area contributed by atoms with E-state index in [0.717, 1.165) is 0 Å². The molecule has 11 heteroatoms. The lowest BCUT2D eigenvalue weighted by atomic mass is 10.1. The molecule has 2 aromatic carbocycles. The zero-order chi connectivity index (χ0) is 22.8. The molecule has 0 saturated carbocycles. The van der Waals surface area contributed by atoms with Gasteiger partial charge in [-0.3, -0.25) is 34.2 Å². The van der Waals surface area contributed by atoms with Gasteiger partial charge in [0.05, 0.1) is 23.0 Å². The molecule has 1 aliphatic heterocycles. The summed E-state index contributed by atoms with van der Waals surface area (Å²) >= 11 is 5.87. The maximum absolute atomic E-state index is 12.6. The van der Waals surface area contributed by atoms with Gasteiger partial charge in [0.15, 0.2) is 0 Å². The highest BCUT2D eigenvalue weighted by atomic mass is 35.5. The van der Waals surface area contributed by atoms with Crippen molar-refractivity contribution < 1.29 is 14.4 Å². The van der Waals surface area contributed by atoms with Gasteiger partial charge in [0, 0.05) is 17.3 Å². The second-order valence-corrected chi connectivity index (χ2v) is 7.65. The summed E-state index contributed by atoms with van der Waals surface area (Å²) in [7, 11) is 0. The van der Waals surface area contributed by atoms with Crippen LogP contribution in [-0.4, -0.2) is 41.0 Å². The second-order valence-electron chi connectivity index (χ2n) is 7.21. The van der Waals surface area contributed by atoms with E-state index in [-0.39, 0.29) is 22.4 Å². The molecular formula is C21H18ClN5O5. The summed E-state index contributed by atoms with van der Waals surface area (Å²) < 4.78 is 0. The normalized spacial score (nSPS) is 15.7. The predicted molar refractivity (Wildman–Crippen MR) is 119 cm³/mol. The number of amides is 3. The Morgan fingerprint density at radius 3 is 2.50 bits per heavy atom. The van der Waals surface area contributed by atoms with Gasteiger partial charge in [0.25, 0.3) is 11.1 Å². The number of nitrogens with one attached hydrogen (secondary N) is 4. The van der Waals surface area contributed by atoms with Crippen LogP contribution in [-0.2, 0) is 14.4 Å². The maximum Gasteiger partial charge on any atom is 0.272 e. The van der Waals surface area contributed by atoms with Crippen molar-refractivity contribution in [2.45, 2.75) is 6.42 Å². The lowest BCUT2D eigenvalue weighted by Gasteiger charge is -2.17. The molecule has 4 N–H and O–H groups in total. The lowest BCUT2D eigenvalue weighted by molar-refractivity contribution is -0.133. The van der Waals surface area contributed by atoms with E-state index in [1.807, 2.05) is 0 Å². The Bertz CT molecular complexity index is 1330. The number of benzene rings is 2. The van der Waals surface area contributed by atoms with E-state index in [2.05, 4.69) is 20.8 Å². The summed E-state index contributed by atoms with van der Waals surface area (Å²) in [4.78, 5) is 62.9. The fourth-order valence-corrected chi connectivity index (χ4v) is 3.75. The molecule has 2 heterocycles. The fourth-order valence-electron chi connectivity index (χ4n) is 3.62. The van der Waals surface area contributed by atoms with Crippen LogP contribution in [0.5, 0.6) is 0 Å². The van der Waals surface area contributed by atoms with Crippen LogP contribution in [0.3, 0.4) is 0 Å². The molecule has 1 aromatic heterocycles. The molecule has 4 rings (SSSR count). The number of hydrogen-bond acceptors (Lipinski definition) is 5. The molecule has 3 amide bonds. The first kappa shape index (κ1) is 21.3. The molecule has 1 fully saturated rings. The SMILES string of the molecule is O=C(CNC(=O)C1CCN(c2ccc(Cl)cc2)C1=O)Nc1cccc2c(=O)[nH][nH]c(=O)c12. The summed E-state index contributed by atoms with van der Waals surface area (Å²) in [5.41, 5.74) is -0.295. The van der Waals surface area contributed by atoms with Crippen molar-refractivity contribution in [2.24, 2.45) is 5.92 Å². The Morgan fingerprint density at radius 2 is 1.75 bits per heavy atom. The first-order valence-electron chi connectivity index (χ1n) is 9.73. The minimum Gasteiger partial charge on any atom is -0.346 e. The summed E-state index contributed by atoms with van der Waals surface area (Å²) in [6, 6.07) is 11.2. The maximum atomic E-state index is 12.6. The molecule has 0 bridgehead atoms. The molecule has 0 aliphatic carbocycles. The van der Waals surface area contributed by atoms with E-state index >= 15 is 0 Å². The largest absolute Gasteiger partial charge is 0.346 e. The number of nitrogens with zero attached hydrogens (tertiary/aromatic N) is 1. The third-order valence-corrected chi connectivity index (χ3v) is 5.44. The van der Waals surface area contributed by atoms with Gasteiger partial charge in [-0.25, -0.2) is 0 Å². The molecular weight excluding hydrogens is 438 g/mol. The number of aromatic nitrogens is 2. The quantitative estimate of drug-likeness (QED) is 0.424. The number of anilines is 2. The van der Waals surface area contributed by atoms with Gasteiger partial charge in [-0.1, -0.05) is 17.7 Å². The first-order chi connectivity index (χ1) is 15.3. The number of carbonyl (C=O) groups is 3. The van der Waals surface area contributed by atoms with Gasteiger partial charge in [0.1, 0.15) is 5.92 Å². The standard InChI is InChI=1S/C21H18ClN5O5/c22-11-4-6-12(7-5-11)27-9-8-14(21(27)32)18(29)23-10-16(28)24-15-3-1-2-13-17(15)20(31)26-25-19(13)30/h1-7,14H,8-10H2,(H,23,29)(H,24,28)(H,25,30)(H,26,31). The van der Waals surface area contributed by atoms with Gasteiger partial charge in [0.2, 0.25) is 17.7 Å². The average molecular weight is 456 g/mol. The van der Waals surface area contributed by atoms with Gasteiger partial charge in [-0.15, -0.1) is 0 Å². The minimum absolute atomic E-state index is 0.0282. The van der Waals surface area contributed by atoms with Crippen molar-refractivity contribution in [3.63, 3.8) is 0 Å². The number of carbonyl (C=O) groups excluding carboxylic acids is 3. The van der Waals surface area contributed by atoms with E-state index in [1.165, 1.54) is 23.1 Å². The zero-order valence-electron chi connectivity index (χ0n) is 16.6. The fraction of sp³-hybridized carbons (Fsp3) is 0.190. The molecule has 0 spiro atoms. The number of rotatable bonds is 5. The van der Waals surface area contributed by atoms with Crippen LogP contribution in [0.15, 0.2) is 52.1 Å². The average Bonchev–Trinajstić information content (AvgIpc) is 3.16. The smallest absolute Gasteiger partial charge is 0.272 e. The Kier molecular flexibility index (Phi) is 5.78. The molecule has 0 radical (unpaired) electrons. The molecule has 32 heavy (non-hydrogen) atoms. The van der Waals surface area contributed by atoms with Crippen LogP contribution >= 0.6 is 11.6 Å². The molecule has 1 saturated heterocycles. The van der Waals surface area contributed by atoms with Crippen molar-refractivity contribution in [2.75, 3.05) is 23.3 Å². The summed E-state index contributed by atoms with van der Waals surface area (Å²) in [5.74, 6) is -2.43. The van der Waals surface area contributed by atoms with E-state index in [0.29, 0.717) is 23.7 Å². The lowest BCUT2D eigenvalue weighted by Crippen LogP contribution is -2.40. The Labute approximate surface area is 185 Å². The third kappa shape index (κ3) is 4.12. The third-order valence-electron chi connectivity index (χ3n) is 5.18. The van der Waals surface area contributed by atoms with Gasteiger partial charge in [-0.05, 0) is 42.8 Å². The van der Waals surface area contributed by atoms with Gasteiger partial charge in [-0.2, -0.15) is 0 Å². The monoisotopic (exact) mass is 455 g/mol. The van der Waals surface area contributed by atoms with Crippen molar-refractivity contribution >= 4 is 51.5 Å². The highest BCUT2D eigenvalue weighted by Gasteiger charge is 2.37. The molecule has 164 valence electrons. The van der Waals surface area contributed by atoms with Crippen LogP contribution in [0.25, 0.3) is 10.8 Å². The van der Waals surface area contributed by atoms with Crippen molar-refractivity contribution in [3.8, 4) is 0 Å². The number of aromatic amines is 2. The minimum atomic E-state index is -0.905. The van der Waals surface area contributed by atoms with Crippen molar-refractivity contribution in [1.29, 1.82) is 0 Å². The predicted octanol–water partition coefficient (Wildman–Crippen LogP) is 0.978. The molecule has 10 nitrogen and oxygen atoms in total. The highest BCUT2D eigenvalue weighted by Crippen LogP contribution is 2.26. The first-order valence-corrected chi connectivity index (χ1v) is 10.1. The van der Waals surface area contributed by atoms with Crippen LogP contribution in [0, 0.1) is 5.92 Å². The van der Waals surface area contributed by atoms with E-state index < -0.39 is 35.4 Å². The van der Waals surface area contributed by atoms with Crippen LogP contribution < -0.4 is 26.7 Å². The van der Waals surface area contributed by atoms with E-state index in [4.69, 9.17) is 11.6 Å². The van der Waals surface area contributed by atoms with Crippen LogP contribution in [0.2, 0.25) is 5.02 Å². The van der Waals surface area contributed by atoms with Crippen LogP contribution in [0.4, 0.5) is 11.4 Å². The van der Waals surface area contributed by atoms with Crippen LogP contribution in [0.1, 0.15) is 6.42 Å². The van der Waals surface area contributed by atoms with Crippen molar-refractivity contribution in [1.82, 2.24) is 15.5 Å². The highest BCUT2D eigenvalue weighted by molar-refractivity contribution is 6.30. The molecule has 1 atom stereocenters. The number of halogens is 1. The summed E-state index contributed by atoms with van der Waals surface area (Å²) in [5, 5.41) is 10.1. The second kappa shape index (κ2) is 8.67. The number of fused-ring (bicyclic) bond motifs is 1. The summed E-state index contributed by atoms with van der Waals surface area (Å²) in [6.45, 7) is -0.0287. The van der Waals surface area contributed by atoms with E-state index in [9.17, 15) is 24.0 Å². The van der Waals surface area contributed by atoms with Gasteiger partial charge >= 0.3 is 0 Å². The Morgan fingerprint density at radius 1 is 1.03 bits per heavy atom. The Balaban J connectivity index is 1.39. The summed E-state index contributed by atoms with van der Waals surface area (Å²) in [6.07, 6.45) is 0.316. The zero-order valence-corrected chi connectivity index (χ0v) is 17.4. The Hall–Kier alpha value is -3.92. The van der Waals surface area contributed by atoms with E-state index in [1.54, 1.807) is 24.3 Å². The molecule has 1 aliphatic rings. The van der Waals surface area contributed by atoms with Crippen molar-refractivity contribution in [3.05, 3.63) is 68.2 Å². The number of H-pyrrole nitrogens is 2. The number of hydrogen-bond donors (Lipinski definition) is 4. The topological polar surface area (TPSA) is 144 Å². The van der Waals surface area contributed by atoms with Gasteiger partial charge < -0.3 is 15.5 Å². The molecule has 1 unspecified atom stereocenters. The molecule has 3 aromatic rings.